The number of pyridine rings is 1. The molecule has 2 unspecified atom stereocenters. The topological polar surface area (TPSA) is 51.7 Å². The van der Waals surface area contributed by atoms with Crippen molar-refractivity contribution in [2.45, 2.75) is 24.4 Å². The van der Waals surface area contributed by atoms with Crippen molar-refractivity contribution in [3.63, 3.8) is 0 Å². The Morgan fingerprint density at radius 1 is 0.889 bits per heavy atom. The standard InChI is InChI=1S/C31H26N2O3/c34-31(36-19-28-26-10-4-2-8-24(26)25-9-3-5-11-27(25)28)33-22-15-21(16-23(33)18-35-17-22)30-14-13-20-7-1-6-12-29(20)32-30/h1-15,22-23,28H,16-19H2. The molecule has 2 bridgehead atoms. The van der Waals surface area contributed by atoms with Crippen LogP contribution in [0.25, 0.3) is 27.6 Å². The summed E-state index contributed by atoms with van der Waals surface area (Å²) in [5.41, 5.74) is 8.02. The van der Waals surface area contributed by atoms with E-state index in [-0.39, 0.29) is 24.1 Å². The number of rotatable bonds is 3. The maximum absolute atomic E-state index is 13.4. The summed E-state index contributed by atoms with van der Waals surface area (Å²) in [7, 11) is 0. The molecule has 178 valence electrons. The van der Waals surface area contributed by atoms with E-state index in [9.17, 15) is 4.79 Å². The summed E-state index contributed by atoms with van der Waals surface area (Å²) in [6.45, 7) is 1.30. The molecule has 2 aliphatic heterocycles. The van der Waals surface area contributed by atoms with Gasteiger partial charge in [0.1, 0.15) is 6.61 Å². The Balaban J connectivity index is 1.12. The van der Waals surface area contributed by atoms with Crippen molar-refractivity contribution in [2.24, 2.45) is 0 Å². The van der Waals surface area contributed by atoms with Gasteiger partial charge in [-0.15, -0.1) is 0 Å². The molecule has 36 heavy (non-hydrogen) atoms. The van der Waals surface area contributed by atoms with Crippen molar-refractivity contribution in [3.8, 4) is 11.1 Å². The maximum atomic E-state index is 13.4. The minimum absolute atomic E-state index is 0.0510. The van der Waals surface area contributed by atoms with Crippen LogP contribution in [0, 0.1) is 0 Å². The zero-order valence-corrected chi connectivity index (χ0v) is 19.8. The van der Waals surface area contributed by atoms with E-state index in [4.69, 9.17) is 14.5 Å². The number of aromatic nitrogens is 1. The number of carbonyl (C=O) groups is 1. The predicted molar refractivity (Wildman–Crippen MR) is 140 cm³/mol. The molecule has 5 nitrogen and oxygen atoms in total. The van der Waals surface area contributed by atoms with Gasteiger partial charge in [0.25, 0.3) is 0 Å². The first-order valence-electron chi connectivity index (χ1n) is 12.5. The fourth-order valence-corrected chi connectivity index (χ4v) is 5.98. The minimum atomic E-state index is -0.267. The van der Waals surface area contributed by atoms with Gasteiger partial charge in [-0.3, -0.25) is 4.90 Å². The Bertz CT molecular complexity index is 1470. The predicted octanol–water partition coefficient (Wildman–Crippen LogP) is 6.04. The van der Waals surface area contributed by atoms with Crippen LogP contribution in [-0.4, -0.2) is 47.9 Å². The van der Waals surface area contributed by atoms with Crippen LogP contribution < -0.4 is 0 Å². The SMILES string of the molecule is O=C(OCC1c2ccccc2-c2ccccc21)N1C2C=C(c3ccc4ccccc4n3)CC1COC2. The van der Waals surface area contributed by atoms with Gasteiger partial charge in [0.05, 0.1) is 36.5 Å². The summed E-state index contributed by atoms with van der Waals surface area (Å²) in [6, 6.07) is 28.9. The van der Waals surface area contributed by atoms with Gasteiger partial charge in [0.15, 0.2) is 0 Å². The van der Waals surface area contributed by atoms with Crippen LogP contribution in [0.1, 0.15) is 29.2 Å². The lowest BCUT2D eigenvalue weighted by molar-refractivity contribution is -0.0331. The van der Waals surface area contributed by atoms with Crippen molar-refractivity contribution < 1.29 is 14.3 Å². The summed E-state index contributed by atoms with van der Waals surface area (Å²) < 4.78 is 11.8. The van der Waals surface area contributed by atoms with E-state index in [1.54, 1.807) is 0 Å². The van der Waals surface area contributed by atoms with Gasteiger partial charge in [0, 0.05) is 11.3 Å². The molecule has 1 aliphatic carbocycles. The van der Waals surface area contributed by atoms with Gasteiger partial charge >= 0.3 is 6.09 Å². The lowest BCUT2D eigenvalue weighted by atomic mass is 9.92. The Morgan fingerprint density at radius 2 is 1.61 bits per heavy atom. The molecule has 1 fully saturated rings. The second-order valence-electron chi connectivity index (χ2n) is 9.76. The van der Waals surface area contributed by atoms with Crippen LogP contribution >= 0.6 is 0 Å². The molecule has 0 N–H and O–H groups in total. The molecule has 1 aromatic heterocycles. The normalized spacial score (nSPS) is 20.6. The minimum Gasteiger partial charge on any atom is -0.448 e. The molecule has 0 spiro atoms. The number of ether oxygens (including phenoxy) is 2. The first kappa shape index (κ1) is 21.3. The molecule has 3 aromatic carbocycles. The Morgan fingerprint density at radius 3 is 2.39 bits per heavy atom. The number of amides is 1. The molecule has 1 amide bonds. The van der Waals surface area contributed by atoms with E-state index in [2.05, 4.69) is 72.8 Å². The molecular formula is C31H26N2O3. The average molecular weight is 475 g/mol. The molecule has 5 heteroatoms. The summed E-state index contributed by atoms with van der Waals surface area (Å²) in [5.74, 6) is 0.0510. The summed E-state index contributed by atoms with van der Waals surface area (Å²) in [4.78, 5) is 20.2. The number of morpholine rings is 1. The highest BCUT2D eigenvalue weighted by molar-refractivity contribution is 5.82. The highest BCUT2D eigenvalue weighted by atomic mass is 16.6. The van der Waals surface area contributed by atoms with E-state index in [1.807, 2.05) is 23.1 Å². The van der Waals surface area contributed by atoms with Crippen LogP contribution in [0.2, 0.25) is 0 Å². The van der Waals surface area contributed by atoms with Crippen molar-refractivity contribution in [2.75, 3.05) is 19.8 Å². The molecular weight excluding hydrogens is 448 g/mol. The third-order valence-electron chi connectivity index (χ3n) is 7.67. The zero-order valence-electron chi connectivity index (χ0n) is 19.8. The smallest absolute Gasteiger partial charge is 0.410 e. The lowest BCUT2D eigenvalue weighted by Gasteiger charge is -2.43. The lowest BCUT2D eigenvalue weighted by Crippen LogP contribution is -2.56. The highest BCUT2D eigenvalue weighted by Gasteiger charge is 2.40. The highest BCUT2D eigenvalue weighted by Crippen LogP contribution is 2.44. The quantitative estimate of drug-likeness (QED) is 0.363. The molecule has 1 saturated heterocycles. The van der Waals surface area contributed by atoms with Gasteiger partial charge in [-0.05, 0) is 46.4 Å². The van der Waals surface area contributed by atoms with Gasteiger partial charge in [-0.2, -0.15) is 0 Å². The number of nitrogens with zero attached hydrogens (tertiary/aromatic N) is 2. The Kier molecular flexibility index (Phi) is 5.10. The molecule has 2 atom stereocenters. The van der Waals surface area contributed by atoms with Crippen LogP contribution in [-0.2, 0) is 9.47 Å². The van der Waals surface area contributed by atoms with Crippen LogP contribution in [0.4, 0.5) is 4.79 Å². The van der Waals surface area contributed by atoms with Gasteiger partial charge in [0.2, 0.25) is 0 Å². The fraction of sp³-hybridized carbons (Fsp3) is 0.226. The first-order valence-corrected chi connectivity index (χ1v) is 12.5. The second-order valence-corrected chi connectivity index (χ2v) is 9.76. The molecule has 7 rings (SSSR count). The van der Waals surface area contributed by atoms with Crippen molar-refractivity contribution in [1.29, 1.82) is 0 Å². The van der Waals surface area contributed by atoms with Crippen molar-refractivity contribution in [3.05, 3.63) is 108 Å². The molecule has 0 radical (unpaired) electrons. The molecule has 0 saturated carbocycles. The Hall–Kier alpha value is -3.96. The van der Waals surface area contributed by atoms with E-state index < -0.39 is 0 Å². The fourth-order valence-electron chi connectivity index (χ4n) is 5.98. The Labute approximate surface area is 210 Å². The number of fused-ring (bicyclic) bond motifs is 6. The van der Waals surface area contributed by atoms with E-state index in [0.717, 1.165) is 16.6 Å². The van der Waals surface area contributed by atoms with Gasteiger partial charge in [-0.25, -0.2) is 9.78 Å². The monoisotopic (exact) mass is 474 g/mol. The molecule has 3 aliphatic rings. The van der Waals surface area contributed by atoms with Crippen molar-refractivity contribution >= 4 is 22.6 Å². The third-order valence-corrected chi connectivity index (χ3v) is 7.67. The number of hydrogen-bond acceptors (Lipinski definition) is 4. The molecule has 4 aromatic rings. The second kappa shape index (κ2) is 8.61. The van der Waals surface area contributed by atoms with Crippen LogP contribution in [0.15, 0.2) is 91.0 Å². The van der Waals surface area contributed by atoms with E-state index in [0.29, 0.717) is 26.2 Å². The number of carbonyl (C=O) groups excluding carboxylic acids is 1. The summed E-state index contributed by atoms with van der Waals surface area (Å²) >= 11 is 0. The number of hydrogen-bond donors (Lipinski definition) is 0. The van der Waals surface area contributed by atoms with E-state index >= 15 is 0 Å². The van der Waals surface area contributed by atoms with Crippen LogP contribution in [0.5, 0.6) is 0 Å². The third kappa shape index (κ3) is 3.50. The number of benzene rings is 3. The maximum Gasteiger partial charge on any atom is 0.410 e. The summed E-state index contributed by atoms with van der Waals surface area (Å²) in [5, 5.41) is 1.13. The first-order chi connectivity index (χ1) is 17.8. The molecule has 3 heterocycles. The number of para-hydroxylation sites is 1. The zero-order chi connectivity index (χ0) is 24.1. The average Bonchev–Trinajstić information content (AvgIpc) is 3.24. The summed E-state index contributed by atoms with van der Waals surface area (Å²) in [6.07, 6.45) is 2.57. The van der Waals surface area contributed by atoms with Crippen molar-refractivity contribution in [1.82, 2.24) is 9.88 Å². The van der Waals surface area contributed by atoms with E-state index in [1.165, 1.54) is 27.8 Å². The largest absolute Gasteiger partial charge is 0.448 e. The van der Waals surface area contributed by atoms with Gasteiger partial charge in [-0.1, -0.05) is 78.9 Å². The van der Waals surface area contributed by atoms with Crippen LogP contribution in [0.3, 0.4) is 0 Å². The van der Waals surface area contributed by atoms with Gasteiger partial charge < -0.3 is 9.47 Å².